The van der Waals surface area contributed by atoms with Crippen molar-refractivity contribution >= 4 is 43.2 Å². The van der Waals surface area contributed by atoms with Crippen LogP contribution >= 0.6 is 22.9 Å². The first kappa shape index (κ1) is 22.5. The molecule has 0 aliphatic carbocycles. The predicted octanol–water partition coefficient (Wildman–Crippen LogP) is 4.46. The van der Waals surface area contributed by atoms with Crippen LogP contribution in [0.4, 0.5) is 0 Å². The Labute approximate surface area is 192 Å². The van der Waals surface area contributed by atoms with E-state index in [9.17, 15) is 8.42 Å². The maximum Gasteiger partial charge on any atom is 0.242 e. The summed E-state index contributed by atoms with van der Waals surface area (Å²) in [6.45, 7) is 3.46. The first-order chi connectivity index (χ1) is 14.8. The standard InChI is InChI=1S/C22H26ClN3O3S2/c1-25(2)31(27,28)19-6-4-18(5-7-19)29-14-13-26-11-9-16(10-12-26)22-24-20-15-17(23)3-8-21(20)30-22/h3-8,15-16H,9-14H2,1-2H3. The molecule has 0 atom stereocenters. The van der Waals surface area contributed by atoms with Crippen LogP contribution < -0.4 is 4.74 Å². The summed E-state index contributed by atoms with van der Waals surface area (Å²) in [4.78, 5) is 7.48. The molecule has 2 heterocycles. The van der Waals surface area contributed by atoms with Gasteiger partial charge in [0.15, 0.2) is 0 Å². The first-order valence-electron chi connectivity index (χ1n) is 10.3. The summed E-state index contributed by atoms with van der Waals surface area (Å²) in [5.41, 5.74) is 0.993. The average molecular weight is 480 g/mol. The van der Waals surface area contributed by atoms with E-state index in [-0.39, 0.29) is 4.90 Å². The summed E-state index contributed by atoms with van der Waals surface area (Å²) in [6.07, 6.45) is 2.18. The van der Waals surface area contributed by atoms with E-state index in [1.54, 1.807) is 35.6 Å². The van der Waals surface area contributed by atoms with Crippen molar-refractivity contribution in [2.75, 3.05) is 40.3 Å². The van der Waals surface area contributed by atoms with Crippen LogP contribution in [0.15, 0.2) is 47.4 Å². The van der Waals surface area contributed by atoms with Crippen molar-refractivity contribution in [2.45, 2.75) is 23.7 Å². The minimum atomic E-state index is -3.41. The fourth-order valence-electron chi connectivity index (χ4n) is 3.71. The van der Waals surface area contributed by atoms with Crippen LogP contribution in [-0.4, -0.2) is 62.9 Å². The van der Waals surface area contributed by atoms with Gasteiger partial charge in [0.1, 0.15) is 12.4 Å². The van der Waals surface area contributed by atoms with Crippen LogP contribution in [0.25, 0.3) is 10.2 Å². The van der Waals surface area contributed by atoms with Crippen LogP contribution in [0.5, 0.6) is 5.75 Å². The molecule has 1 aliphatic heterocycles. The quantitative estimate of drug-likeness (QED) is 0.500. The van der Waals surface area contributed by atoms with E-state index in [0.29, 0.717) is 18.3 Å². The number of sulfonamides is 1. The zero-order chi connectivity index (χ0) is 22.0. The lowest BCUT2D eigenvalue weighted by Crippen LogP contribution is -2.35. The number of nitrogens with zero attached hydrogens (tertiary/aromatic N) is 3. The largest absolute Gasteiger partial charge is 0.492 e. The minimum Gasteiger partial charge on any atom is -0.492 e. The van der Waals surface area contributed by atoms with Crippen molar-refractivity contribution in [3.05, 3.63) is 52.5 Å². The third kappa shape index (κ3) is 5.21. The summed E-state index contributed by atoms with van der Waals surface area (Å²) >= 11 is 7.86. The van der Waals surface area contributed by atoms with E-state index >= 15 is 0 Å². The summed E-state index contributed by atoms with van der Waals surface area (Å²) in [7, 11) is -0.365. The van der Waals surface area contributed by atoms with Crippen LogP contribution in [0.1, 0.15) is 23.8 Å². The Morgan fingerprint density at radius 2 is 1.87 bits per heavy atom. The van der Waals surface area contributed by atoms with Gasteiger partial charge in [-0.25, -0.2) is 17.7 Å². The van der Waals surface area contributed by atoms with Crippen LogP contribution in [0.3, 0.4) is 0 Å². The molecule has 0 unspecified atom stereocenters. The van der Waals surface area contributed by atoms with E-state index in [0.717, 1.165) is 43.0 Å². The topological polar surface area (TPSA) is 62.7 Å². The Hall–Kier alpha value is -1.71. The number of ether oxygens (including phenoxy) is 1. The Kier molecular flexibility index (Phi) is 6.83. The van der Waals surface area contributed by atoms with E-state index < -0.39 is 10.0 Å². The van der Waals surface area contributed by atoms with E-state index in [4.69, 9.17) is 21.3 Å². The third-order valence-electron chi connectivity index (χ3n) is 5.58. The highest BCUT2D eigenvalue weighted by Gasteiger charge is 2.23. The lowest BCUT2D eigenvalue weighted by Gasteiger charge is -2.30. The van der Waals surface area contributed by atoms with Crippen molar-refractivity contribution in [3.63, 3.8) is 0 Å². The van der Waals surface area contributed by atoms with E-state index in [1.807, 2.05) is 18.2 Å². The number of fused-ring (bicyclic) bond motifs is 1. The molecular formula is C22H26ClN3O3S2. The highest BCUT2D eigenvalue weighted by molar-refractivity contribution is 7.89. The third-order valence-corrected chi connectivity index (χ3v) is 8.84. The molecule has 31 heavy (non-hydrogen) atoms. The fourth-order valence-corrected chi connectivity index (χ4v) is 5.89. The molecule has 166 valence electrons. The van der Waals surface area contributed by atoms with Gasteiger partial charge in [0, 0.05) is 31.6 Å². The van der Waals surface area contributed by atoms with Crippen molar-refractivity contribution in [1.29, 1.82) is 0 Å². The molecule has 6 nitrogen and oxygen atoms in total. The molecule has 1 aliphatic rings. The zero-order valence-electron chi connectivity index (χ0n) is 17.6. The number of benzene rings is 2. The van der Waals surface area contributed by atoms with Crippen molar-refractivity contribution in [1.82, 2.24) is 14.2 Å². The highest BCUT2D eigenvalue weighted by Crippen LogP contribution is 2.34. The molecule has 1 fully saturated rings. The van der Waals surface area contributed by atoms with Gasteiger partial charge >= 0.3 is 0 Å². The maximum absolute atomic E-state index is 12.1. The van der Waals surface area contributed by atoms with Gasteiger partial charge in [0.05, 0.1) is 20.1 Å². The van der Waals surface area contributed by atoms with Gasteiger partial charge in [-0.3, -0.25) is 4.90 Å². The van der Waals surface area contributed by atoms with E-state index in [2.05, 4.69) is 4.90 Å². The summed E-state index contributed by atoms with van der Waals surface area (Å²) in [6, 6.07) is 12.5. The molecular weight excluding hydrogens is 454 g/mol. The number of hydrogen-bond donors (Lipinski definition) is 0. The molecule has 4 rings (SSSR count). The molecule has 0 bridgehead atoms. The van der Waals surface area contributed by atoms with Crippen molar-refractivity contribution < 1.29 is 13.2 Å². The average Bonchev–Trinajstić information content (AvgIpc) is 3.17. The highest BCUT2D eigenvalue weighted by atomic mass is 35.5. The SMILES string of the molecule is CN(C)S(=O)(=O)c1ccc(OCCN2CCC(c3nc4cc(Cl)ccc4s3)CC2)cc1. The Morgan fingerprint density at radius 1 is 1.16 bits per heavy atom. The second-order valence-electron chi connectivity index (χ2n) is 7.89. The molecule has 0 spiro atoms. The van der Waals surface area contributed by atoms with Gasteiger partial charge in [0.2, 0.25) is 10.0 Å². The number of rotatable bonds is 7. The number of piperidine rings is 1. The predicted molar refractivity (Wildman–Crippen MR) is 126 cm³/mol. The van der Waals surface area contributed by atoms with Gasteiger partial charge in [-0.15, -0.1) is 11.3 Å². The molecule has 0 radical (unpaired) electrons. The van der Waals surface area contributed by atoms with Gasteiger partial charge < -0.3 is 4.74 Å². The minimum absolute atomic E-state index is 0.268. The van der Waals surface area contributed by atoms with Crippen LogP contribution in [0, 0.1) is 0 Å². The maximum atomic E-state index is 12.1. The Morgan fingerprint density at radius 3 is 2.55 bits per heavy atom. The van der Waals surface area contributed by atoms with Crippen molar-refractivity contribution in [3.8, 4) is 5.75 Å². The smallest absolute Gasteiger partial charge is 0.242 e. The number of likely N-dealkylation sites (tertiary alicyclic amines) is 1. The first-order valence-corrected chi connectivity index (χ1v) is 12.9. The molecule has 2 aromatic carbocycles. The summed E-state index contributed by atoms with van der Waals surface area (Å²) in [5, 5.41) is 1.94. The molecule has 9 heteroatoms. The van der Waals surface area contributed by atoms with Gasteiger partial charge in [0.25, 0.3) is 0 Å². The normalized spacial score (nSPS) is 16.3. The Bertz CT molecular complexity index is 1140. The van der Waals surface area contributed by atoms with Gasteiger partial charge in [-0.2, -0.15) is 0 Å². The lowest BCUT2D eigenvalue weighted by molar-refractivity contribution is 0.173. The molecule has 0 N–H and O–H groups in total. The molecule has 0 saturated carbocycles. The van der Waals surface area contributed by atoms with E-state index in [1.165, 1.54) is 28.1 Å². The molecule has 3 aromatic rings. The Balaban J connectivity index is 1.25. The second kappa shape index (κ2) is 9.42. The van der Waals surface area contributed by atoms with Crippen LogP contribution in [-0.2, 0) is 10.0 Å². The number of thiazole rings is 1. The molecule has 0 amide bonds. The number of aromatic nitrogens is 1. The fraction of sp³-hybridized carbons (Fsp3) is 0.409. The number of halogens is 1. The summed E-state index contributed by atoms with van der Waals surface area (Å²) < 4.78 is 32.5. The monoisotopic (exact) mass is 479 g/mol. The second-order valence-corrected chi connectivity index (χ2v) is 11.5. The molecule has 1 saturated heterocycles. The summed E-state index contributed by atoms with van der Waals surface area (Å²) in [5.74, 6) is 1.18. The van der Waals surface area contributed by atoms with Crippen molar-refractivity contribution in [2.24, 2.45) is 0 Å². The lowest BCUT2D eigenvalue weighted by atomic mass is 9.97. The zero-order valence-corrected chi connectivity index (χ0v) is 20.0. The van der Waals surface area contributed by atoms with Gasteiger partial charge in [-0.1, -0.05) is 11.6 Å². The number of hydrogen-bond acceptors (Lipinski definition) is 6. The molecule has 1 aromatic heterocycles. The van der Waals surface area contributed by atoms with Crippen LogP contribution in [0.2, 0.25) is 5.02 Å². The van der Waals surface area contributed by atoms with Gasteiger partial charge in [-0.05, 0) is 68.4 Å².